The highest BCUT2D eigenvalue weighted by Gasteiger charge is 2.25. The molecule has 2 aliphatic heterocycles. The maximum atomic E-state index is 3.68. The smallest absolute Gasteiger partial charge is 0.0218 e. The number of hydrogen-bond donors (Lipinski definition) is 1. The Kier molecular flexibility index (Phi) is 4.35. The molecule has 0 aromatic carbocycles. The molecule has 0 aliphatic carbocycles. The predicted molar refractivity (Wildman–Crippen MR) is 68.0 cm³/mol. The standard InChI is InChI=1S/C12H24N2S/c1-10-4-3-5-11(2)14(10)13-8-12-6-7-15-9-12/h10-13H,3-9H2,1-2H3. The topological polar surface area (TPSA) is 15.3 Å². The van der Waals surface area contributed by atoms with E-state index in [2.05, 4.69) is 36.0 Å². The Balaban J connectivity index is 1.75. The summed E-state index contributed by atoms with van der Waals surface area (Å²) in [5.41, 5.74) is 3.68. The zero-order valence-electron chi connectivity index (χ0n) is 10.0. The summed E-state index contributed by atoms with van der Waals surface area (Å²) >= 11 is 2.11. The molecule has 0 bridgehead atoms. The molecular weight excluding hydrogens is 204 g/mol. The van der Waals surface area contributed by atoms with Crippen LogP contribution in [0.2, 0.25) is 0 Å². The van der Waals surface area contributed by atoms with Crippen molar-refractivity contribution in [1.82, 2.24) is 10.4 Å². The van der Waals surface area contributed by atoms with Crippen molar-refractivity contribution in [2.24, 2.45) is 5.92 Å². The normalized spacial score (nSPS) is 38.4. The first-order valence-electron chi connectivity index (χ1n) is 6.37. The van der Waals surface area contributed by atoms with Crippen molar-refractivity contribution in [2.75, 3.05) is 18.1 Å². The summed E-state index contributed by atoms with van der Waals surface area (Å²) in [4.78, 5) is 0. The molecule has 88 valence electrons. The molecule has 0 aromatic rings. The number of hydrazine groups is 1. The Morgan fingerprint density at radius 1 is 1.20 bits per heavy atom. The van der Waals surface area contributed by atoms with E-state index < -0.39 is 0 Å². The van der Waals surface area contributed by atoms with Gasteiger partial charge in [-0.3, -0.25) is 5.43 Å². The van der Waals surface area contributed by atoms with E-state index in [1.54, 1.807) is 0 Å². The minimum Gasteiger partial charge on any atom is -0.254 e. The van der Waals surface area contributed by atoms with E-state index in [-0.39, 0.29) is 0 Å². The second kappa shape index (κ2) is 5.55. The second-order valence-corrected chi connectivity index (χ2v) is 6.28. The van der Waals surface area contributed by atoms with Crippen LogP contribution in [0.15, 0.2) is 0 Å². The van der Waals surface area contributed by atoms with E-state index in [4.69, 9.17) is 0 Å². The fraction of sp³-hybridized carbons (Fsp3) is 1.00. The van der Waals surface area contributed by atoms with E-state index in [1.165, 1.54) is 43.7 Å². The predicted octanol–water partition coefficient (Wildman–Crippen LogP) is 2.51. The number of thioether (sulfide) groups is 1. The summed E-state index contributed by atoms with van der Waals surface area (Å²) in [6.45, 7) is 5.90. The van der Waals surface area contributed by atoms with Crippen LogP contribution in [-0.2, 0) is 0 Å². The molecule has 0 amide bonds. The average molecular weight is 228 g/mol. The quantitative estimate of drug-likeness (QED) is 0.799. The number of piperidine rings is 1. The molecule has 15 heavy (non-hydrogen) atoms. The van der Waals surface area contributed by atoms with Crippen molar-refractivity contribution in [3.63, 3.8) is 0 Å². The first-order chi connectivity index (χ1) is 7.27. The SMILES string of the molecule is CC1CCCC(C)N1NCC1CCSC1. The van der Waals surface area contributed by atoms with E-state index in [0.717, 1.165) is 18.0 Å². The van der Waals surface area contributed by atoms with Crippen LogP contribution in [0, 0.1) is 5.92 Å². The molecule has 3 atom stereocenters. The molecule has 0 spiro atoms. The molecule has 2 fully saturated rings. The summed E-state index contributed by atoms with van der Waals surface area (Å²) in [5, 5.41) is 2.51. The Morgan fingerprint density at radius 2 is 1.93 bits per heavy atom. The third-order valence-corrected chi connectivity index (χ3v) is 5.01. The van der Waals surface area contributed by atoms with Crippen molar-refractivity contribution < 1.29 is 0 Å². The van der Waals surface area contributed by atoms with Gasteiger partial charge >= 0.3 is 0 Å². The maximum Gasteiger partial charge on any atom is 0.0218 e. The lowest BCUT2D eigenvalue weighted by atomic mass is 10.00. The summed E-state index contributed by atoms with van der Waals surface area (Å²) in [7, 11) is 0. The molecule has 0 saturated carbocycles. The minimum absolute atomic E-state index is 0.725. The lowest BCUT2D eigenvalue weighted by Crippen LogP contribution is -2.53. The fourth-order valence-electron chi connectivity index (χ4n) is 2.71. The van der Waals surface area contributed by atoms with Crippen LogP contribution in [0.1, 0.15) is 39.5 Å². The van der Waals surface area contributed by atoms with Crippen molar-refractivity contribution in [2.45, 2.75) is 51.6 Å². The molecular formula is C12H24N2S. The van der Waals surface area contributed by atoms with Crippen LogP contribution in [0.3, 0.4) is 0 Å². The Bertz CT molecular complexity index is 182. The Morgan fingerprint density at radius 3 is 2.53 bits per heavy atom. The number of hydrogen-bond acceptors (Lipinski definition) is 3. The molecule has 3 unspecified atom stereocenters. The first-order valence-corrected chi connectivity index (χ1v) is 7.52. The summed E-state index contributed by atoms with van der Waals surface area (Å²) in [6, 6.07) is 1.45. The lowest BCUT2D eigenvalue weighted by molar-refractivity contribution is 0.0418. The largest absolute Gasteiger partial charge is 0.254 e. The maximum absolute atomic E-state index is 3.68. The Hall–Kier alpha value is 0.270. The van der Waals surface area contributed by atoms with Crippen LogP contribution < -0.4 is 5.43 Å². The van der Waals surface area contributed by atoms with Gasteiger partial charge in [0.1, 0.15) is 0 Å². The molecule has 0 aromatic heterocycles. The van der Waals surface area contributed by atoms with Gasteiger partial charge in [-0.2, -0.15) is 11.8 Å². The zero-order valence-corrected chi connectivity index (χ0v) is 10.9. The van der Waals surface area contributed by atoms with Gasteiger partial charge in [0.15, 0.2) is 0 Å². The van der Waals surface area contributed by atoms with Crippen LogP contribution in [0.25, 0.3) is 0 Å². The van der Waals surface area contributed by atoms with Crippen LogP contribution in [-0.4, -0.2) is 35.1 Å². The molecule has 2 nitrogen and oxygen atoms in total. The van der Waals surface area contributed by atoms with Gasteiger partial charge in [-0.25, -0.2) is 5.01 Å². The molecule has 2 aliphatic rings. The highest BCUT2D eigenvalue weighted by atomic mass is 32.2. The van der Waals surface area contributed by atoms with Crippen LogP contribution in [0.4, 0.5) is 0 Å². The van der Waals surface area contributed by atoms with E-state index in [9.17, 15) is 0 Å². The van der Waals surface area contributed by atoms with Gasteiger partial charge in [0.05, 0.1) is 0 Å². The third kappa shape index (κ3) is 3.11. The summed E-state index contributed by atoms with van der Waals surface area (Å²) < 4.78 is 0. The molecule has 2 saturated heterocycles. The van der Waals surface area contributed by atoms with Crippen LogP contribution >= 0.6 is 11.8 Å². The summed E-state index contributed by atoms with van der Waals surface area (Å²) in [5.74, 6) is 3.65. The van der Waals surface area contributed by atoms with Crippen LogP contribution in [0.5, 0.6) is 0 Å². The van der Waals surface area contributed by atoms with Gasteiger partial charge < -0.3 is 0 Å². The van der Waals surface area contributed by atoms with Gasteiger partial charge in [-0.1, -0.05) is 6.42 Å². The van der Waals surface area contributed by atoms with Crippen molar-refractivity contribution >= 4 is 11.8 Å². The van der Waals surface area contributed by atoms with Gasteiger partial charge in [0, 0.05) is 18.6 Å². The molecule has 0 radical (unpaired) electrons. The summed E-state index contributed by atoms with van der Waals surface area (Å²) in [6.07, 6.45) is 5.53. The first kappa shape index (κ1) is 11.7. The average Bonchev–Trinajstić information content (AvgIpc) is 2.70. The number of nitrogens with one attached hydrogen (secondary N) is 1. The van der Waals surface area contributed by atoms with Gasteiger partial charge in [0.25, 0.3) is 0 Å². The minimum atomic E-state index is 0.725. The second-order valence-electron chi connectivity index (χ2n) is 5.13. The highest BCUT2D eigenvalue weighted by Crippen LogP contribution is 2.24. The number of nitrogens with zero attached hydrogens (tertiary/aromatic N) is 1. The zero-order chi connectivity index (χ0) is 10.7. The van der Waals surface area contributed by atoms with Crippen molar-refractivity contribution in [3.8, 4) is 0 Å². The lowest BCUT2D eigenvalue weighted by Gasteiger charge is -2.39. The highest BCUT2D eigenvalue weighted by molar-refractivity contribution is 7.99. The van der Waals surface area contributed by atoms with E-state index in [0.29, 0.717) is 0 Å². The van der Waals surface area contributed by atoms with Crippen molar-refractivity contribution in [1.29, 1.82) is 0 Å². The van der Waals surface area contributed by atoms with Gasteiger partial charge in [-0.05, 0) is 50.5 Å². The molecule has 2 heterocycles. The third-order valence-electron chi connectivity index (χ3n) is 3.78. The van der Waals surface area contributed by atoms with E-state index in [1.807, 2.05) is 0 Å². The number of rotatable bonds is 3. The fourth-order valence-corrected chi connectivity index (χ4v) is 4.00. The van der Waals surface area contributed by atoms with Gasteiger partial charge in [0.2, 0.25) is 0 Å². The molecule has 3 heteroatoms. The molecule has 2 rings (SSSR count). The monoisotopic (exact) mass is 228 g/mol. The molecule has 1 N–H and O–H groups in total. The van der Waals surface area contributed by atoms with Gasteiger partial charge in [-0.15, -0.1) is 0 Å². The Labute approximate surface area is 98.1 Å². The van der Waals surface area contributed by atoms with E-state index >= 15 is 0 Å². The van der Waals surface area contributed by atoms with Crippen molar-refractivity contribution in [3.05, 3.63) is 0 Å².